The number of aliphatic hydroxyl groups excluding tert-OH is 1. The first-order valence-electron chi connectivity index (χ1n) is 16.0. The van der Waals surface area contributed by atoms with Crippen molar-refractivity contribution in [2.75, 3.05) is 13.1 Å². The van der Waals surface area contributed by atoms with Crippen molar-refractivity contribution in [2.45, 2.75) is 70.3 Å². The number of nitrogens with two attached hydrogens (primary N) is 1. The lowest BCUT2D eigenvalue weighted by atomic mass is 9.92. The molecule has 3 amide bonds. The van der Waals surface area contributed by atoms with Gasteiger partial charge in [0.2, 0.25) is 5.91 Å². The zero-order valence-electron chi connectivity index (χ0n) is 26.3. The Bertz CT molecular complexity index is 1540. The number of hydrogen-bond acceptors (Lipinski definition) is 5. The SMILES string of the molecule is CCC(C)C(C(=O)N[C@@H](Cc1ccccc1)C[C@H](O)[C@@H](N)Cc1ccccc1)N1CCN(Cc2ccnc3ccccc23)C1=O. The van der Waals surface area contributed by atoms with Crippen LogP contribution in [0.2, 0.25) is 0 Å². The largest absolute Gasteiger partial charge is 0.391 e. The van der Waals surface area contributed by atoms with Crippen molar-refractivity contribution in [3.63, 3.8) is 0 Å². The van der Waals surface area contributed by atoms with Gasteiger partial charge in [0, 0.05) is 43.3 Å². The summed E-state index contributed by atoms with van der Waals surface area (Å²) in [6.45, 7) is 5.53. The highest BCUT2D eigenvalue weighted by Crippen LogP contribution is 2.25. The standard InChI is InChI=1S/C37H45N5O3/c1-3-26(2)35(42-21-20-41(37(42)45)25-29-18-19-39-33-17-11-10-16-31(29)33)36(44)40-30(22-27-12-6-4-7-13-27)24-34(43)32(38)23-28-14-8-5-9-15-28/h4-19,26,30,32,34-35,43H,3,20-25,38H2,1-2H3,(H,40,44)/t26?,30-,32-,34-,35?/m0/s1. The smallest absolute Gasteiger partial charge is 0.321 e. The van der Waals surface area contributed by atoms with Crippen LogP contribution in [0.4, 0.5) is 4.79 Å². The molecule has 5 rings (SSSR count). The number of aromatic nitrogens is 1. The van der Waals surface area contributed by atoms with E-state index < -0.39 is 18.2 Å². The molecule has 5 atom stereocenters. The third kappa shape index (κ3) is 8.07. The molecular formula is C37H45N5O3. The average Bonchev–Trinajstić information content (AvgIpc) is 3.40. The molecule has 4 N–H and O–H groups in total. The van der Waals surface area contributed by atoms with Crippen LogP contribution in [-0.4, -0.2) is 69.1 Å². The van der Waals surface area contributed by atoms with Crippen molar-refractivity contribution >= 4 is 22.8 Å². The highest BCUT2D eigenvalue weighted by Gasteiger charge is 2.40. The molecule has 1 fully saturated rings. The summed E-state index contributed by atoms with van der Waals surface area (Å²) < 4.78 is 0. The van der Waals surface area contributed by atoms with Gasteiger partial charge in [0.25, 0.3) is 0 Å². The molecule has 8 heteroatoms. The van der Waals surface area contributed by atoms with E-state index in [2.05, 4.69) is 10.3 Å². The molecular weight excluding hydrogens is 562 g/mol. The number of amides is 3. The average molecular weight is 608 g/mol. The second-order valence-corrected chi connectivity index (χ2v) is 12.3. The number of carbonyl (C=O) groups excluding carboxylic acids is 2. The first-order chi connectivity index (χ1) is 21.8. The summed E-state index contributed by atoms with van der Waals surface area (Å²) in [5.41, 5.74) is 10.5. The van der Waals surface area contributed by atoms with Gasteiger partial charge in [-0.2, -0.15) is 0 Å². The van der Waals surface area contributed by atoms with Crippen LogP contribution in [0.3, 0.4) is 0 Å². The van der Waals surface area contributed by atoms with Crippen molar-refractivity contribution in [1.82, 2.24) is 20.1 Å². The van der Waals surface area contributed by atoms with Crippen LogP contribution in [0, 0.1) is 5.92 Å². The summed E-state index contributed by atoms with van der Waals surface area (Å²) in [6.07, 6.45) is 3.08. The van der Waals surface area contributed by atoms with E-state index in [1.54, 1.807) is 11.1 Å². The van der Waals surface area contributed by atoms with Gasteiger partial charge in [-0.15, -0.1) is 0 Å². The number of pyridine rings is 1. The fourth-order valence-corrected chi connectivity index (χ4v) is 6.30. The minimum atomic E-state index is -0.819. The Morgan fingerprint density at radius 2 is 1.58 bits per heavy atom. The number of hydrogen-bond donors (Lipinski definition) is 3. The molecule has 0 bridgehead atoms. The third-order valence-electron chi connectivity index (χ3n) is 9.02. The summed E-state index contributed by atoms with van der Waals surface area (Å²) in [7, 11) is 0. The van der Waals surface area contributed by atoms with Gasteiger partial charge >= 0.3 is 6.03 Å². The highest BCUT2D eigenvalue weighted by atomic mass is 16.3. The van der Waals surface area contributed by atoms with Crippen LogP contribution in [-0.2, 0) is 24.2 Å². The molecule has 3 aromatic carbocycles. The quantitative estimate of drug-likeness (QED) is 0.188. The van der Waals surface area contributed by atoms with Gasteiger partial charge in [-0.05, 0) is 54.0 Å². The maximum Gasteiger partial charge on any atom is 0.321 e. The molecule has 1 aromatic heterocycles. The number of rotatable bonds is 14. The lowest BCUT2D eigenvalue weighted by Gasteiger charge is -2.33. The maximum atomic E-state index is 14.1. The zero-order valence-corrected chi connectivity index (χ0v) is 26.3. The molecule has 2 heterocycles. The first-order valence-corrected chi connectivity index (χ1v) is 16.0. The van der Waals surface area contributed by atoms with E-state index in [0.717, 1.165) is 34.0 Å². The number of nitrogens with one attached hydrogen (secondary N) is 1. The van der Waals surface area contributed by atoms with Crippen LogP contribution < -0.4 is 11.1 Å². The zero-order chi connectivity index (χ0) is 31.8. The van der Waals surface area contributed by atoms with Gasteiger partial charge in [-0.3, -0.25) is 9.78 Å². The summed E-state index contributed by atoms with van der Waals surface area (Å²) in [6, 6.07) is 28.1. The predicted octanol–water partition coefficient (Wildman–Crippen LogP) is 4.94. The van der Waals surface area contributed by atoms with Gasteiger partial charge in [0.05, 0.1) is 11.6 Å². The van der Waals surface area contributed by atoms with Gasteiger partial charge in [-0.25, -0.2) is 4.79 Å². The number of benzene rings is 3. The lowest BCUT2D eigenvalue weighted by molar-refractivity contribution is -0.127. The Morgan fingerprint density at radius 3 is 2.27 bits per heavy atom. The van der Waals surface area contributed by atoms with Crippen LogP contribution in [0.1, 0.15) is 43.4 Å². The molecule has 0 saturated carbocycles. The Kier molecular flexibility index (Phi) is 10.8. The molecule has 1 aliphatic rings. The van der Waals surface area contributed by atoms with E-state index in [1.165, 1.54) is 0 Å². The Hall–Kier alpha value is -4.27. The second-order valence-electron chi connectivity index (χ2n) is 12.3. The van der Waals surface area contributed by atoms with Crippen LogP contribution in [0.25, 0.3) is 10.9 Å². The molecule has 45 heavy (non-hydrogen) atoms. The van der Waals surface area contributed by atoms with Crippen molar-refractivity contribution < 1.29 is 14.7 Å². The normalized spacial score (nSPS) is 16.8. The van der Waals surface area contributed by atoms with Gasteiger partial charge in [0.1, 0.15) is 6.04 Å². The Balaban J connectivity index is 1.31. The first kappa shape index (κ1) is 32.1. The fraction of sp³-hybridized carbons (Fsp3) is 0.378. The highest BCUT2D eigenvalue weighted by molar-refractivity contribution is 5.89. The van der Waals surface area contributed by atoms with E-state index in [1.807, 2.05) is 110 Å². The number of carbonyl (C=O) groups is 2. The van der Waals surface area contributed by atoms with Crippen molar-refractivity contribution in [1.29, 1.82) is 0 Å². The summed E-state index contributed by atoms with van der Waals surface area (Å²) in [5.74, 6) is -0.253. The molecule has 0 aliphatic carbocycles. The van der Waals surface area contributed by atoms with Crippen LogP contribution in [0.15, 0.2) is 97.2 Å². The minimum absolute atomic E-state index is 0.0571. The van der Waals surface area contributed by atoms with E-state index >= 15 is 0 Å². The Morgan fingerprint density at radius 1 is 0.933 bits per heavy atom. The molecule has 2 unspecified atom stereocenters. The molecule has 4 aromatic rings. The molecule has 236 valence electrons. The monoisotopic (exact) mass is 607 g/mol. The van der Waals surface area contributed by atoms with Gasteiger partial charge < -0.3 is 26.0 Å². The van der Waals surface area contributed by atoms with Gasteiger partial charge in [0.15, 0.2) is 0 Å². The maximum absolute atomic E-state index is 14.1. The Labute approximate surface area is 266 Å². The number of fused-ring (bicyclic) bond motifs is 1. The number of nitrogens with zero attached hydrogens (tertiary/aromatic N) is 3. The van der Waals surface area contributed by atoms with E-state index in [4.69, 9.17) is 5.73 Å². The van der Waals surface area contributed by atoms with Crippen molar-refractivity contribution in [3.05, 3.63) is 114 Å². The molecule has 0 radical (unpaired) electrons. The van der Waals surface area contributed by atoms with E-state index in [-0.39, 0.29) is 23.9 Å². The molecule has 0 spiro atoms. The number of urea groups is 1. The second kappa shape index (κ2) is 15.1. The van der Waals surface area contributed by atoms with Crippen LogP contribution in [0.5, 0.6) is 0 Å². The minimum Gasteiger partial charge on any atom is -0.391 e. The summed E-state index contributed by atoms with van der Waals surface area (Å²) in [5, 5.41) is 15.5. The molecule has 1 aliphatic heterocycles. The lowest BCUT2D eigenvalue weighted by Crippen LogP contribution is -2.55. The van der Waals surface area contributed by atoms with Crippen molar-refractivity contribution in [2.24, 2.45) is 11.7 Å². The number of aliphatic hydroxyl groups is 1. The predicted molar refractivity (Wildman–Crippen MR) is 178 cm³/mol. The fourth-order valence-electron chi connectivity index (χ4n) is 6.30. The van der Waals surface area contributed by atoms with Crippen molar-refractivity contribution in [3.8, 4) is 0 Å². The van der Waals surface area contributed by atoms with Crippen LogP contribution >= 0.6 is 0 Å². The molecule has 8 nitrogen and oxygen atoms in total. The van der Waals surface area contributed by atoms with E-state index in [9.17, 15) is 14.7 Å². The summed E-state index contributed by atoms with van der Waals surface area (Å²) >= 11 is 0. The number of para-hydroxylation sites is 1. The summed E-state index contributed by atoms with van der Waals surface area (Å²) in [4.78, 5) is 35.9. The van der Waals surface area contributed by atoms with E-state index in [0.29, 0.717) is 38.9 Å². The van der Waals surface area contributed by atoms with Gasteiger partial charge in [-0.1, -0.05) is 99.1 Å². The molecule has 1 saturated heterocycles. The third-order valence-corrected chi connectivity index (χ3v) is 9.02. The topological polar surface area (TPSA) is 112 Å².